The summed E-state index contributed by atoms with van der Waals surface area (Å²) in [6, 6.07) is 23.1. The van der Waals surface area contributed by atoms with Crippen molar-refractivity contribution in [1.82, 2.24) is 10.2 Å². The van der Waals surface area contributed by atoms with Crippen molar-refractivity contribution in [3.8, 4) is 10.4 Å². The van der Waals surface area contributed by atoms with Crippen LogP contribution in [0.15, 0.2) is 66.7 Å². The Bertz CT molecular complexity index is 939. The molecule has 3 nitrogen and oxygen atoms in total. The Balaban J connectivity index is 1.46. The number of amides is 1. The smallest absolute Gasteiger partial charge is 0.261 e. The van der Waals surface area contributed by atoms with E-state index in [1.165, 1.54) is 11.1 Å². The van der Waals surface area contributed by atoms with Crippen molar-refractivity contribution in [1.29, 1.82) is 0 Å². The van der Waals surface area contributed by atoms with E-state index in [0.717, 1.165) is 34.8 Å². The Morgan fingerprint density at radius 2 is 1.67 bits per heavy atom. The van der Waals surface area contributed by atoms with E-state index >= 15 is 0 Å². The number of hydrogen-bond donors (Lipinski definition) is 1. The van der Waals surface area contributed by atoms with Gasteiger partial charge in [0.15, 0.2) is 0 Å². The standard InChI is InChI=1S/C26H32N2OS/c1-26(2,3)22-13-11-21(12-14-22)23-15-16-24(30-23)25(29)27-17-8-18-28(4)19-20-9-6-5-7-10-20/h5-7,9-16H,8,17-19H2,1-4H3,(H,27,29). The molecule has 1 amide bonds. The Morgan fingerprint density at radius 1 is 0.967 bits per heavy atom. The first-order chi connectivity index (χ1) is 14.3. The molecule has 0 aliphatic heterocycles. The van der Waals surface area contributed by atoms with Crippen LogP contribution in [-0.4, -0.2) is 30.9 Å². The summed E-state index contributed by atoms with van der Waals surface area (Å²) >= 11 is 1.55. The molecular weight excluding hydrogens is 388 g/mol. The van der Waals surface area contributed by atoms with Gasteiger partial charge in [-0.15, -0.1) is 11.3 Å². The third kappa shape index (κ3) is 6.28. The van der Waals surface area contributed by atoms with Crippen LogP contribution >= 0.6 is 11.3 Å². The maximum Gasteiger partial charge on any atom is 0.261 e. The van der Waals surface area contributed by atoms with Gasteiger partial charge in [-0.05, 0) is 54.3 Å². The molecule has 158 valence electrons. The molecule has 0 aliphatic rings. The minimum Gasteiger partial charge on any atom is -0.351 e. The summed E-state index contributed by atoms with van der Waals surface area (Å²) in [7, 11) is 2.12. The third-order valence-corrected chi connectivity index (χ3v) is 6.30. The van der Waals surface area contributed by atoms with Gasteiger partial charge in [0.1, 0.15) is 0 Å². The molecule has 3 rings (SSSR count). The minimum absolute atomic E-state index is 0.0169. The highest BCUT2D eigenvalue weighted by Crippen LogP contribution is 2.30. The van der Waals surface area contributed by atoms with Crippen LogP contribution in [0.4, 0.5) is 0 Å². The Kier molecular flexibility index (Phi) is 7.46. The van der Waals surface area contributed by atoms with E-state index in [1.807, 2.05) is 18.2 Å². The lowest BCUT2D eigenvalue weighted by Gasteiger charge is -2.18. The Hall–Kier alpha value is -2.43. The number of carbonyl (C=O) groups is 1. The fourth-order valence-electron chi connectivity index (χ4n) is 3.36. The van der Waals surface area contributed by atoms with Crippen molar-refractivity contribution in [2.24, 2.45) is 0 Å². The van der Waals surface area contributed by atoms with Crippen LogP contribution in [0.25, 0.3) is 10.4 Å². The molecule has 0 atom stereocenters. The fourth-order valence-corrected chi connectivity index (χ4v) is 4.29. The van der Waals surface area contributed by atoms with Crippen molar-refractivity contribution >= 4 is 17.2 Å². The van der Waals surface area contributed by atoms with Crippen molar-refractivity contribution < 1.29 is 4.79 Å². The molecule has 0 bridgehead atoms. The SMILES string of the molecule is CN(CCCNC(=O)c1ccc(-c2ccc(C(C)(C)C)cc2)s1)Cc1ccccc1. The average molecular weight is 421 g/mol. The summed E-state index contributed by atoms with van der Waals surface area (Å²) in [6.45, 7) is 9.21. The van der Waals surface area contributed by atoms with Gasteiger partial charge in [0.05, 0.1) is 4.88 Å². The van der Waals surface area contributed by atoms with E-state index in [9.17, 15) is 4.79 Å². The first-order valence-electron chi connectivity index (χ1n) is 10.5. The molecule has 0 unspecified atom stereocenters. The molecule has 2 aromatic carbocycles. The third-order valence-electron chi connectivity index (χ3n) is 5.16. The van der Waals surface area contributed by atoms with Crippen LogP contribution in [0, 0.1) is 0 Å². The molecule has 3 aromatic rings. The molecule has 0 saturated carbocycles. The lowest BCUT2D eigenvalue weighted by molar-refractivity contribution is 0.0956. The maximum absolute atomic E-state index is 12.5. The number of nitrogens with zero attached hydrogens (tertiary/aromatic N) is 1. The summed E-state index contributed by atoms with van der Waals surface area (Å²) in [4.78, 5) is 16.7. The topological polar surface area (TPSA) is 32.3 Å². The fraction of sp³-hybridized carbons (Fsp3) is 0.346. The van der Waals surface area contributed by atoms with Gasteiger partial charge >= 0.3 is 0 Å². The Morgan fingerprint density at radius 3 is 2.33 bits per heavy atom. The summed E-state index contributed by atoms with van der Waals surface area (Å²) in [5, 5.41) is 3.06. The van der Waals surface area contributed by atoms with Crippen molar-refractivity contribution in [3.05, 3.63) is 82.7 Å². The zero-order chi connectivity index (χ0) is 21.6. The molecular formula is C26H32N2OS. The first kappa shape index (κ1) is 22.3. The summed E-state index contributed by atoms with van der Waals surface area (Å²) in [6.07, 6.45) is 0.932. The van der Waals surface area contributed by atoms with Crippen LogP contribution in [0.2, 0.25) is 0 Å². The molecule has 0 fully saturated rings. The summed E-state index contributed by atoms with van der Waals surface area (Å²) < 4.78 is 0. The highest BCUT2D eigenvalue weighted by atomic mass is 32.1. The van der Waals surface area contributed by atoms with Crippen molar-refractivity contribution in [2.75, 3.05) is 20.1 Å². The van der Waals surface area contributed by atoms with E-state index < -0.39 is 0 Å². The molecule has 1 heterocycles. The van der Waals surface area contributed by atoms with E-state index in [4.69, 9.17) is 0 Å². The van der Waals surface area contributed by atoms with E-state index in [2.05, 4.69) is 86.6 Å². The molecule has 30 heavy (non-hydrogen) atoms. The average Bonchev–Trinajstić information content (AvgIpc) is 3.22. The first-order valence-corrected chi connectivity index (χ1v) is 11.4. The number of carbonyl (C=O) groups excluding carboxylic acids is 1. The van der Waals surface area contributed by atoms with Gasteiger partial charge < -0.3 is 10.2 Å². The molecule has 4 heteroatoms. The molecule has 1 aromatic heterocycles. The van der Waals surface area contributed by atoms with Crippen LogP contribution < -0.4 is 5.32 Å². The van der Waals surface area contributed by atoms with Crippen molar-refractivity contribution in [3.63, 3.8) is 0 Å². The minimum atomic E-state index is 0.0169. The monoisotopic (exact) mass is 420 g/mol. The van der Waals surface area contributed by atoms with Gasteiger partial charge in [-0.1, -0.05) is 75.4 Å². The highest BCUT2D eigenvalue weighted by Gasteiger charge is 2.14. The number of hydrogen-bond acceptors (Lipinski definition) is 3. The highest BCUT2D eigenvalue weighted by molar-refractivity contribution is 7.17. The number of thiophene rings is 1. The van der Waals surface area contributed by atoms with Gasteiger partial charge in [0.25, 0.3) is 5.91 Å². The van der Waals surface area contributed by atoms with E-state index in [1.54, 1.807) is 11.3 Å². The lowest BCUT2D eigenvalue weighted by atomic mass is 9.86. The summed E-state index contributed by atoms with van der Waals surface area (Å²) in [5.41, 5.74) is 3.94. The normalized spacial score (nSPS) is 11.6. The van der Waals surface area contributed by atoms with Gasteiger partial charge in [0.2, 0.25) is 0 Å². The van der Waals surface area contributed by atoms with Crippen LogP contribution in [0.5, 0.6) is 0 Å². The maximum atomic E-state index is 12.5. The zero-order valence-corrected chi connectivity index (χ0v) is 19.3. The predicted molar refractivity (Wildman–Crippen MR) is 128 cm³/mol. The van der Waals surface area contributed by atoms with Gasteiger partial charge in [-0.25, -0.2) is 0 Å². The zero-order valence-electron chi connectivity index (χ0n) is 18.4. The molecule has 0 radical (unpaired) electrons. The van der Waals surface area contributed by atoms with Crippen LogP contribution in [-0.2, 0) is 12.0 Å². The molecule has 1 N–H and O–H groups in total. The number of rotatable bonds is 8. The second kappa shape index (κ2) is 10.1. The predicted octanol–water partition coefficient (Wildman–Crippen LogP) is 5.96. The lowest BCUT2D eigenvalue weighted by Crippen LogP contribution is -2.27. The second-order valence-corrected chi connectivity index (χ2v) is 9.91. The molecule has 0 saturated heterocycles. The second-order valence-electron chi connectivity index (χ2n) is 8.82. The largest absolute Gasteiger partial charge is 0.351 e. The Labute approximate surface area is 184 Å². The van der Waals surface area contributed by atoms with Gasteiger partial charge in [-0.2, -0.15) is 0 Å². The summed E-state index contributed by atoms with van der Waals surface area (Å²) in [5.74, 6) is 0.0169. The van der Waals surface area contributed by atoms with E-state index in [-0.39, 0.29) is 11.3 Å². The quantitative estimate of drug-likeness (QED) is 0.456. The van der Waals surface area contributed by atoms with Gasteiger partial charge in [-0.3, -0.25) is 4.79 Å². The number of nitrogens with one attached hydrogen (secondary N) is 1. The van der Waals surface area contributed by atoms with E-state index in [0.29, 0.717) is 6.54 Å². The molecule has 0 aliphatic carbocycles. The van der Waals surface area contributed by atoms with Gasteiger partial charge in [0, 0.05) is 18.0 Å². The molecule has 0 spiro atoms. The van der Waals surface area contributed by atoms with Crippen LogP contribution in [0.3, 0.4) is 0 Å². The van der Waals surface area contributed by atoms with Crippen LogP contribution in [0.1, 0.15) is 48.0 Å². The number of benzene rings is 2. The van der Waals surface area contributed by atoms with Crippen molar-refractivity contribution in [2.45, 2.75) is 39.2 Å².